The third kappa shape index (κ3) is 3.44. The normalized spacial score (nSPS) is 17.5. The lowest BCUT2D eigenvalue weighted by atomic mass is 9.86. The van der Waals surface area contributed by atoms with E-state index in [0.717, 1.165) is 36.4 Å². The fraction of sp³-hybridized carbons (Fsp3) is 0.611. The van der Waals surface area contributed by atoms with Gasteiger partial charge in [-0.05, 0) is 70.7 Å². The van der Waals surface area contributed by atoms with Crippen molar-refractivity contribution in [3.8, 4) is 0 Å². The molecule has 2 heterocycles. The average molecular weight is 321 g/mol. The Bertz CT molecular complexity index is 560. The smallest absolute Gasteiger partial charge is 0.338 e. The van der Waals surface area contributed by atoms with E-state index in [-0.39, 0.29) is 11.5 Å². The van der Waals surface area contributed by atoms with Crippen LogP contribution >= 0.6 is 11.3 Å². The minimum atomic E-state index is -0.254. The number of allylic oxidation sites excluding steroid dienone is 1. The van der Waals surface area contributed by atoms with Crippen LogP contribution in [-0.2, 0) is 4.74 Å². The molecule has 1 aliphatic rings. The molecule has 1 aromatic heterocycles. The second-order valence-corrected chi connectivity index (χ2v) is 7.93. The first-order valence-corrected chi connectivity index (χ1v) is 8.74. The lowest BCUT2D eigenvalue weighted by molar-refractivity contribution is 0.0600. The highest BCUT2D eigenvalue weighted by atomic mass is 32.1. The number of hydrogen-bond acceptors (Lipinski definition) is 4. The number of esters is 1. The number of likely N-dealkylation sites (tertiary alicyclic amines) is 1. The van der Waals surface area contributed by atoms with E-state index in [1.165, 1.54) is 12.7 Å². The Morgan fingerprint density at radius 3 is 2.45 bits per heavy atom. The van der Waals surface area contributed by atoms with Gasteiger partial charge in [0.2, 0.25) is 0 Å². The Labute approximate surface area is 138 Å². The highest BCUT2D eigenvalue weighted by Crippen LogP contribution is 2.37. The fourth-order valence-corrected chi connectivity index (χ4v) is 4.24. The number of carbonyl (C=O) groups excluding carboxylic acids is 1. The van der Waals surface area contributed by atoms with Crippen LogP contribution in [0, 0.1) is 12.8 Å². The van der Waals surface area contributed by atoms with E-state index in [0.29, 0.717) is 11.5 Å². The van der Waals surface area contributed by atoms with E-state index in [2.05, 4.69) is 32.3 Å². The van der Waals surface area contributed by atoms with Crippen molar-refractivity contribution < 1.29 is 9.53 Å². The van der Waals surface area contributed by atoms with Crippen LogP contribution in [0.4, 0.5) is 0 Å². The summed E-state index contributed by atoms with van der Waals surface area (Å²) in [5.74, 6) is 0.261. The molecule has 1 saturated heterocycles. The summed E-state index contributed by atoms with van der Waals surface area (Å²) in [6, 6.07) is 0. The molecule has 122 valence electrons. The molecule has 1 aliphatic heterocycles. The minimum Gasteiger partial charge on any atom is -0.465 e. The molecule has 0 atom stereocenters. The molecule has 1 fully saturated rings. The highest BCUT2D eigenvalue weighted by Gasteiger charge is 2.29. The van der Waals surface area contributed by atoms with E-state index in [4.69, 9.17) is 4.74 Å². The lowest BCUT2D eigenvalue weighted by Gasteiger charge is -2.41. The van der Waals surface area contributed by atoms with Crippen molar-refractivity contribution in [2.75, 3.05) is 20.2 Å². The SMILES string of the molecule is C=C(c1scc(C(=O)OC)c1C)C1CCN(C(C)(C)C)CC1. The van der Waals surface area contributed by atoms with Crippen molar-refractivity contribution in [2.45, 2.75) is 46.1 Å². The molecule has 1 aromatic rings. The Morgan fingerprint density at radius 2 is 1.95 bits per heavy atom. The summed E-state index contributed by atoms with van der Waals surface area (Å²) in [6.07, 6.45) is 2.28. The maximum Gasteiger partial charge on any atom is 0.338 e. The molecular formula is C18H27NO2S. The van der Waals surface area contributed by atoms with E-state index in [1.807, 2.05) is 12.3 Å². The number of carbonyl (C=O) groups is 1. The van der Waals surface area contributed by atoms with Gasteiger partial charge in [0.1, 0.15) is 0 Å². The van der Waals surface area contributed by atoms with Crippen molar-refractivity contribution in [3.63, 3.8) is 0 Å². The Balaban J connectivity index is 2.08. The molecule has 0 unspecified atom stereocenters. The van der Waals surface area contributed by atoms with Gasteiger partial charge in [-0.25, -0.2) is 4.79 Å². The maximum atomic E-state index is 11.7. The summed E-state index contributed by atoms with van der Waals surface area (Å²) in [7, 11) is 1.43. The molecule has 4 heteroatoms. The van der Waals surface area contributed by atoms with Gasteiger partial charge in [0.15, 0.2) is 0 Å². The molecule has 2 rings (SSSR count). The number of ether oxygens (including phenoxy) is 1. The predicted octanol–water partition coefficient (Wildman–Crippen LogP) is 4.37. The first-order valence-electron chi connectivity index (χ1n) is 7.86. The second kappa shape index (κ2) is 6.55. The van der Waals surface area contributed by atoms with Gasteiger partial charge in [-0.15, -0.1) is 11.3 Å². The van der Waals surface area contributed by atoms with Crippen LogP contribution in [0.2, 0.25) is 0 Å². The largest absolute Gasteiger partial charge is 0.465 e. The summed E-state index contributed by atoms with van der Waals surface area (Å²) in [4.78, 5) is 15.4. The molecule has 0 radical (unpaired) electrons. The quantitative estimate of drug-likeness (QED) is 0.774. The number of thiophene rings is 1. The topological polar surface area (TPSA) is 29.5 Å². The number of hydrogen-bond donors (Lipinski definition) is 0. The molecule has 0 spiro atoms. The average Bonchev–Trinajstić information content (AvgIpc) is 2.86. The minimum absolute atomic E-state index is 0.239. The van der Waals surface area contributed by atoms with E-state index in [1.54, 1.807) is 11.3 Å². The summed E-state index contributed by atoms with van der Waals surface area (Å²) < 4.78 is 4.84. The van der Waals surface area contributed by atoms with E-state index in [9.17, 15) is 4.79 Å². The van der Waals surface area contributed by atoms with Crippen LogP contribution in [0.3, 0.4) is 0 Å². The molecule has 22 heavy (non-hydrogen) atoms. The molecule has 3 nitrogen and oxygen atoms in total. The summed E-state index contributed by atoms with van der Waals surface area (Å²) >= 11 is 1.61. The third-order valence-electron chi connectivity index (χ3n) is 4.67. The second-order valence-electron chi connectivity index (χ2n) is 7.05. The molecule has 0 N–H and O–H groups in total. The first-order chi connectivity index (χ1) is 10.3. The van der Waals surface area contributed by atoms with Crippen LogP contribution in [-0.4, -0.2) is 36.6 Å². The van der Waals surface area contributed by atoms with Crippen LogP contribution in [0.5, 0.6) is 0 Å². The Morgan fingerprint density at radius 1 is 1.36 bits per heavy atom. The van der Waals surface area contributed by atoms with Gasteiger partial charge in [-0.3, -0.25) is 4.90 Å². The number of rotatable bonds is 3. The van der Waals surface area contributed by atoms with Crippen molar-refractivity contribution in [1.82, 2.24) is 4.90 Å². The van der Waals surface area contributed by atoms with Gasteiger partial charge in [0.25, 0.3) is 0 Å². The molecular weight excluding hydrogens is 294 g/mol. The van der Waals surface area contributed by atoms with Crippen molar-refractivity contribution in [3.05, 3.63) is 28.0 Å². The van der Waals surface area contributed by atoms with E-state index >= 15 is 0 Å². The third-order valence-corrected chi connectivity index (χ3v) is 5.83. The molecule has 0 aliphatic carbocycles. The monoisotopic (exact) mass is 321 g/mol. The summed E-state index contributed by atoms with van der Waals surface area (Å²) in [5.41, 5.74) is 3.12. The van der Waals surface area contributed by atoms with E-state index < -0.39 is 0 Å². The van der Waals surface area contributed by atoms with Crippen LogP contribution < -0.4 is 0 Å². The van der Waals surface area contributed by atoms with Crippen LogP contribution in [0.15, 0.2) is 12.0 Å². The van der Waals surface area contributed by atoms with Crippen molar-refractivity contribution >= 4 is 22.9 Å². The van der Waals surface area contributed by atoms with Crippen molar-refractivity contribution in [2.24, 2.45) is 5.92 Å². The van der Waals surface area contributed by atoms with Crippen molar-refractivity contribution in [1.29, 1.82) is 0 Å². The number of methoxy groups -OCH3 is 1. The molecule has 0 saturated carbocycles. The van der Waals surface area contributed by atoms with Gasteiger partial charge in [-0.1, -0.05) is 6.58 Å². The zero-order valence-corrected chi connectivity index (χ0v) is 15.2. The zero-order chi connectivity index (χ0) is 16.5. The molecule has 0 aromatic carbocycles. The zero-order valence-electron chi connectivity index (χ0n) is 14.4. The van der Waals surface area contributed by atoms with Gasteiger partial charge < -0.3 is 4.74 Å². The van der Waals surface area contributed by atoms with Gasteiger partial charge in [-0.2, -0.15) is 0 Å². The van der Waals surface area contributed by atoms with Gasteiger partial charge in [0, 0.05) is 15.8 Å². The molecule has 0 bridgehead atoms. The van der Waals surface area contributed by atoms with Gasteiger partial charge >= 0.3 is 5.97 Å². The lowest BCUT2D eigenvalue weighted by Crippen LogP contribution is -2.46. The Kier molecular flexibility index (Phi) is 5.13. The van der Waals surface area contributed by atoms with Crippen LogP contribution in [0.1, 0.15) is 54.4 Å². The number of nitrogens with zero attached hydrogens (tertiary/aromatic N) is 1. The Hall–Kier alpha value is -1.13. The van der Waals surface area contributed by atoms with Crippen LogP contribution in [0.25, 0.3) is 5.57 Å². The first kappa shape index (κ1) is 17.2. The van der Waals surface area contributed by atoms with Gasteiger partial charge in [0.05, 0.1) is 12.7 Å². The standard InChI is InChI=1S/C18H27NO2S/c1-12(14-7-9-19(10-8-14)18(3,4)5)16-13(2)15(11-22-16)17(20)21-6/h11,14H,1,7-10H2,2-6H3. The summed E-state index contributed by atoms with van der Waals surface area (Å²) in [5, 5.41) is 1.89. The maximum absolute atomic E-state index is 11.7. The fourth-order valence-electron chi connectivity index (χ4n) is 3.13. The predicted molar refractivity (Wildman–Crippen MR) is 93.5 cm³/mol. The molecule has 0 amide bonds. The highest BCUT2D eigenvalue weighted by molar-refractivity contribution is 7.11. The number of piperidine rings is 1. The summed E-state index contributed by atoms with van der Waals surface area (Å²) in [6.45, 7) is 15.4.